The number of hydrogen-bond acceptors (Lipinski definition) is 2. The van der Waals surface area contributed by atoms with E-state index in [2.05, 4.69) is 4.72 Å². The number of nitrogens with one attached hydrogen (secondary N) is 1. The van der Waals surface area contributed by atoms with Crippen molar-refractivity contribution < 1.29 is 8.42 Å². The second-order valence-corrected chi connectivity index (χ2v) is 8.97. The molecule has 0 aromatic heterocycles. The van der Waals surface area contributed by atoms with E-state index in [4.69, 9.17) is 0 Å². The summed E-state index contributed by atoms with van der Waals surface area (Å²) < 4.78 is 28.4. The van der Waals surface area contributed by atoms with Gasteiger partial charge in [-0.3, -0.25) is 0 Å². The fourth-order valence-corrected chi connectivity index (χ4v) is 5.97. The summed E-state index contributed by atoms with van der Waals surface area (Å²) in [6.45, 7) is 2.03. The molecular formula is C19H23NO2S. The van der Waals surface area contributed by atoms with Gasteiger partial charge in [-0.15, -0.1) is 0 Å². The summed E-state index contributed by atoms with van der Waals surface area (Å²) in [5.74, 6) is 2.05. The van der Waals surface area contributed by atoms with Crippen molar-refractivity contribution in [3.05, 3.63) is 42.5 Å². The molecule has 3 nitrogen and oxygen atoms in total. The number of benzene rings is 2. The van der Waals surface area contributed by atoms with Gasteiger partial charge in [0.05, 0.1) is 4.90 Å². The van der Waals surface area contributed by atoms with Gasteiger partial charge < -0.3 is 0 Å². The molecule has 0 saturated heterocycles. The minimum Gasteiger partial charge on any atom is -0.208 e. The molecule has 23 heavy (non-hydrogen) atoms. The Labute approximate surface area is 138 Å². The molecule has 0 amide bonds. The normalized spacial score (nSPS) is 28.3. The highest BCUT2D eigenvalue weighted by Crippen LogP contribution is 2.49. The molecule has 1 N–H and O–H groups in total. The molecule has 4 heteroatoms. The molecular weight excluding hydrogens is 306 g/mol. The van der Waals surface area contributed by atoms with Gasteiger partial charge in [0.25, 0.3) is 0 Å². The van der Waals surface area contributed by atoms with E-state index in [-0.39, 0.29) is 6.04 Å². The van der Waals surface area contributed by atoms with Crippen LogP contribution in [0.1, 0.15) is 32.6 Å². The molecule has 2 aromatic rings. The SMILES string of the molecule is C[C@@H](NS(=O)(=O)c1ccc2ccccc2c1)[C@H]1C[C@@H]2CC[C@@H]1C2. The van der Waals surface area contributed by atoms with Gasteiger partial charge in [-0.05, 0) is 66.8 Å². The van der Waals surface area contributed by atoms with Gasteiger partial charge in [-0.25, -0.2) is 13.1 Å². The second-order valence-electron chi connectivity index (χ2n) is 7.26. The van der Waals surface area contributed by atoms with Crippen LogP contribution in [0, 0.1) is 17.8 Å². The van der Waals surface area contributed by atoms with Crippen molar-refractivity contribution in [2.75, 3.05) is 0 Å². The summed E-state index contributed by atoms with van der Waals surface area (Å²) in [5, 5.41) is 2.02. The first-order valence-electron chi connectivity index (χ1n) is 8.54. The third-order valence-electron chi connectivity index (χ3n) is 5.81. The molecule has 2 aromatic carbocycles. The first-order chi connectivity index (χ1) is 11.0. The van der Waals surface area contributed by atoms with Crippen LogP contribution in [0.15, 0.2) is 47.4 Å². The first-order valence-corrected chi connectivity index (χ1v) is 10.0. The average Bonchev–Trinajstić information content (AvgIpc) is 3.17. The maximum Gasteiger partial charge on any atom is 0.240 e. The minimum absolute atomic E-state index is 0.0155. The summed E-state index contributed by atoms with van der Waals surface area (Å²) >= 11 is 0. The molecule has 0 unspecified atom stereocenters. The van der Waals surface area contributed by atoms with Crippen molar-refractivity contribution >= 4 is 20.8 Å². The Hall–Kier alpha value is -1.39. The predicted molar refractivity (Wildman–Crippen MR) is 92.7 cm³/mol. The van der Waals surface area contributed by atoms with E-state index in [9.17, 15) is 8.42 Å². The van der Waals surface area contributed by atoms with Crippen LogP contribution in [0.4, 0.5) is 0 Å². The zero-order valence-corrected chi connectivity index (χ0v) is 14.2. The van der Waals surface area contributed by atoms with Crippen LogP contribution in [-0.4, -0.2) is 14.5 Å². The van der Waals surface area contributed by atoms with Crippen LogP contribution in [0.2, 0.25) is 0 Å². The van der Waals surface area contributed by atoms with E-state index in [0.29, 0.717) is 16.7 Å². The third kappa shape index (κ3) is 2.79. The van der Waals surface area contributed by atoms with Crippen LogP contribution < -0.4 is 4.72 Å². The van der Waals surface area contributed by atoms with E-state index in [0.717, 1.165) is 16.7 Å². The van der Waals surface area contributed by atoms with Gasteiger partial charge in [0.1, 0.15) is 0 Å². The van der Waals surface area contributed by atoms with Crippen LogP contribution in [0.25, 0.3) is 10.8 Å². The fourth-order valence-electron chi connectivity index (χ4n) is 4.64. The van der Waals surface area contributed by atoms with Gasteiger partial charge >= 0.3 is 0 Å². The number of hydrogen-bond donors (Lipinski definition) is 1. The first kappa shape index (κ1) is 15.2. The Morgan fingerprint density at radius 2 is 1.83 bits per heavy atom. The van der Waals surface area contributed by atoms with E-state index < -0.39 is 10.0 Å². The molecule has 0 spiro atoms. The monoisotopic (exact) mass is 329 g/mol. The lowest BCUT2D eigenvalue weighted by Crippen LogP contribution is -2.40. The highest BCUT2D eigenvalue weighted by atomic mass is 32.2. The van der Waals surface area contributed by atoms with E-state index in [1.54, 1.807) is 12.1 Å². The highest BCUT2D eigenvalue weighted by Gasteiger charge is 2.42. The van der Waals surface area contributed by atoms with Crippen molar-refractivity contribution in [3.8, 4) is 0 Å². The van der Waals surface area contributed by atoms with Gasteiger partial charge in [0.15, 0.2) is 0 Å². The lowest BCUT2D eigenvalue weighted by atomic mass is 9.84. The molecule has 122 valence electrons. The molecule has 2 aliphatic rings. The largest absolute Gasteiger partial charge is 0.240 e. The molecule has 0 heterocycles. The van der Waals surface area contributed by atoms with Crippen LogP contribution >= 0.6 is 0 Å². The van der Waals surface area contributed by atoms with E-state index in [1.165, 1.54) is 25.7 Å². The van der Waals surface area contributed by atoms with Gasteiger partial charge in [0.2, 0.25) is 10.0 Å². The predicted octanol–water partition coefficient (Wildman–Crippen LogP) is 3.94. The maximum absolute atomic E-state index is 12.7. The smallest absolute Gasteiger partial charge is 0.208 e. The summed E-state index contributed by atoms with van der Waals surface area (Å²) in [6.07, 6.45) is 5.10. The molecule has 2 fully saturated rings. The Kier molecular flexibility index (Phi) is 3.69. The second kappa shape index (κ2) is 5.60. The summed E-state index contributed by atoms with van der Waals surface area (Å²) in [5.41, 5.74) is 0. The number of sulfonamides is 1. The van der Waals surface area contributed by atoms with Crippen LogP contribution in [0.3, 0.4) is 0 Å². The number of fused-ring (bicyclic) bond motifs is 3. The highest BCUT2D eigenvalue weighted by molar-refractivity contribution is 7.89. The fraction of sp³-hybridized carbons (Fsp3) is 0.474. The van der Waals surface area contributed by atoms with Gasteiger partial charge in [-0.2, -0.15) is 0 Å². The molecule has 0 radical (unpaired) electrons. The Bertz CT molecular complexity index is 830. The van der Waals surface area contributed by atoms with E-state index in [1.807, 2.05) is 37.3 Å². The number of rotatable bonds is 4. The van der Waals surface area contributed by atoms with Crippen molar-refractivity contribution in [2.45, 2.75) is 43.5 Å². The van der Waals surface area contributed by atoms with Gasteiger partial charge in [0, 0.05) is 6.04 Å². The lowest BCUT2D eigenvalue weighted by Gasteiger charge is -2.28. The van der Waals surface area contributed by atoms with Crippen molar-refractivity contribution in [3.63, 3.8) is 0 Å². The standard InChI is InChI=1S/C19H23NO2S/c1-13(19-11-14-6-7-17(19)10-14)20-23(21,22)18-9-8-15-4-2-3-5-16(15)12-18/h2-5,8-9,12-14,17,19-20H,6-7,10-11H2,1H3/t13-,14-,17-,19-/m1/s1. The van der Waals surface area contributed by atoms with Gasteiger partial charge in [-0.1, -0.05) is 36.8 Å². The Balaban J connectivity index is 1.56. The summed E-state index contributed by atoms with van der Waals surface area (Å²) in [4.78, 5) is 0.367. The molecule has 0 aliphatic heterocycles. The summed E-state index contributed by atoms with van der Waals surface area (Å²) in [7, 11) is -3.46. The van der Waals surface area contributed by atoms with Crippen molar-refractivity contribution in [1.29, 1.82) is 0 Å². The van der Waals surface area contributed by atoms with Crippen LogP contribution in [0.5, 0.6) is 0 Å². The Morgan fingerprint density at radius 1 is 1.04 bits per heavy atom. The molecule has 4 atom stereocenters. The third-order valence-corrected chi connectivity index (χ3v) is 7.36. The summed E-state index contributed by atoms with van der Waals surface area (Å²) in [6, 6.07) is 13.2. The molecule has 2 saturated carbocycles. The zero-order chi connectivity index (χ0) is 16.0. The lowest BCUT2D eigenvalue weighted by molar-refractivity contribution is 0.280. The van der Waals surface area contributed by atoms with Crippen molar-refractivity contribution in [2.24, 2.45) is 17.8 Å². The van der Waals surface area contributed by atoms with Crippen molar-refractivity contribution in [1.82, 2.24) is 4.72 Å². The molecule has 4 rings (SSSR count). The molecule has 2 bridgehead atoms. The minimum atomic E-state index is -3.46. The topological polar surface area (TPSA) is 46.2 Å². The molecule has 2 aliphatic carbocycles. The zero-order valence-electron chi connectivity index (χ0n) is 13.4. The maximum atomic E-state index is 12.7. The quantitative estimate of drug-likeness (QED) is 0.923. The average molecular weight is 329 g/mol. The Morgan fingerprint density at radius 3 is 2.52 bits per heavy atom. The van der Waals surface area contributed by atoms with E-state index >= 15 is 0 Å². The van der Waals surface area contributed by atoms with Crippen LogP contribution in [-0.2, 0) is 10.0 Å².